The van der Waals surface area contributed by atoms with Gasteiger partial charge < -0.3 is 9.80 Å². The fourth-order valence-electron chi connectivity index (χ4n) is 2.47. The van der Waals surface area contributed by atoms with Crippen molar-refractivity contribution in [3.05, 3.63) is 46.0 Å². The number of hydrogen-bond acceptors (Lipinski definition) is 5. The number of rotatable bonds is 5. The minimum atomic E-state index is -0.465. The van der Waals surface area contributed by atoms with Gasteiger partial charge >= 0.3 is 0 Å². The number of nitro benzene ring substituents is 1. The van der Waals surface area contributed by atoms with E-state index in [0.29, 0.717) is 38.3 Å². The van der Waals surface area contributed by atoms with E-state index in [4.69, 9.17) is 0 Å². The molecule has 25 heavy (non-hydrogen) atoms. The third-order valence-electron chi connectivity index (χ3n) is 4.04. The Morgan fingerprint density at radius 1 is 1.24 bits per heavy atom. The summed E-state index contributed by atoms with van der Waals surface area (Å²) in [4.78, 5) is 39.5. The molecule has 0 N–H and O–H groups in total. The molecule has 1 aliphatic rings. The van der Waals surface area contributed by atoms with E-state index in [-0.39, 0.29) is 17.5 Å². The predicted octanol–water partition coefficient (Wildman–Crippen LogP) is 0.840. The quantitative estimate of drug-likeness (QED) is 0.448. The maximum absolute atomic E-state index is 12.2. The summed E-state index contributed by atoms with van der Waals surface area (Å²) < 4.78 is 0. The zero-order chi connectivity index (χ0) is 18.4. The Hall–Kier alpha value is -2.74. The number of non-ortho nitro benzene ring substituents is 1. The van der Waals surface area contributed by atoms with Crippen LogP contribution in [0.2, 0.25) is 0 Å². The molecule has 1 heterocycles. The highest BCUT2D eigenvalue weighted by Gasteiger charge is 2.21. The van der Waals surface area contributed by atoms with E-state index in [2.05, 4.69) is 0 Å². The molecule has 8 nitrogen and oxygen atoms in total. The molecule has 0 unspecified atom stereocenters. The smallest absolute Gasteiger partial charge is 0.270 e. The second-order valence-electron chi connectivity index (χ2n) is 6.08. The molecule has 1 aromatic rings. The van der Waals surface area contributed by atoms with Gasteiger partial charge in [-0.2, -0.15) is 0 Å². The van der Waals surface area contributed by atoms with Crippen molar-refractivity contribution in [1.82, 2.24) is 14.7 Å². The van der Waals surface area contributed by atoms with Crippen molar-refractivity contribution in [3.63, 3.8) is 0 Å². The van der Waals surface area contributed by atoms with Crippen molar-refractivity contribution in [2.24, 2.45) is 0 Å². The first kappa shape index (κ1) is 18.6. The maximum atomic E-state index is 12.2. The molecule has 0 spiro atoms. The Labute approximate surface area is 146 Å². The number of amides is 2. The zero-order valence-electron chi connectivity index (χ0n) is 14.4. The summed E-state index contributed by atoms with van der Waals surface area (Å²) in [7, 11) is 3.45. The standard InChI is InChI=1S/C17H22N4O4/c1-18(2)17(23)13-19-8-10-20(11-9-19)16(22)7-6-14-4-3-5-15(12-14)21(24)25/h3-7,12H,8-11,13H2,1-2H3/b7-6+. The van der Waals surface area contributed by atoms with E-state index in [9.17, 15) is 19.7 Å². The van der Waals surface area contributed by atoms with Crippen LogP contribution in [0.3, 0.4) is 0 Å². The molecule has 1 saturated heterocycles. The zero-order valence-corrected chi connectivity index (χ0v) is 14.4. The van der Waals surface area contributed by atoms with Gasteiger partial charge in [-0.1, -0.05) is 12.1 Å². The van der Waals surface area contributed by atoms with Crippen molar-refractivity contribution in [2.75, 3.05) is 46.8 Å². The lowest BCUT2D eigenvalue weighted by atomic mass is 10.2. The first-order valence-electron chi connectivity index (χ1n) is 8.01. The molecule has 0 aromatic heterocycles. The van der Waals surface area contributed by atoms with Gasteiger partial charge in [-0.05, 0) is 11.6 Å². The fourth-order valence-corrected chi connectivity index (χ4v) is 2.47. The van der Waals surface area contributed by atoms with E-state index in [1.165, 1.54) is 18.2 Å². The predicted molar refractivity (Wildman–Crippen MR) is 93.8 cm³/mol. The Balaban J connectivity index is 1.87. The van der Waals surface area contributed by atoms with Crippen LogP contribution >= 0.6 is 0 Å². The summed E-state index contributed by atoms with van der Waals surface area (Å²) in [5.41, 5.74) is 0.603. The topological polar surface area (TPSA) is 87.0 Å². The summed E-state index contributed by atoms with van der Waals surface area (Å²) in [5, 5.41) is 10.8. The number of hydrogen-bond donors (Lipinski definition) is 0. The Morgan fingerprint density at radius 3 is 2.52 bits per heavy atom. The highest BCUT2D eigenvalue weighted by atomic mass is 16.6. The molecule has 0 aliphatic carbocycles. The molecule has 0 bridgehead atoms. The number of piperazine rings is 1. The number of benzene rings is 1. The van der Waals surface area contributed by atoms with Crippen molar-refractivity contribution < 1.29 is 14.5 Å². The Bertz CT molecular complexity index is 679. The normalized spacial score (nSPS) is 15.4. The maximum Gasteiger partial charge on any atom is 0.270 e. The monoisotopic (exact) mass is 346 g/mol. The van der Waals surface area contributed by atoms with Crippen LogP contribution in [0.4, 0.5) is 5.69 Å². The first-order chi connectivity index (χ1) is 11.9. The van der Waals surface area contributed by atoms with Crippen LogP contribution in [0.5, 0.6) is 0 Å². The lowest BCUT2D eigenvalue weighted by Gasteiger charge is -2.34. The molecular formula is C17H22N4O4. The minimum absolute atomic E-state index is 0.00577. The summed E-state index contributed by atoms with van der Waals surface area (Å²) in [6.07, 6.45) is 3.01. The molecule has 1 aromatic carbocycles. The largest absolute Gasteiger partial charge is 0.348 e. The molecule has 0 radical (unpaired) electrons. The molecule has 0 saturated carbocycles. The lowest BCUT2D eigenvalue weighted by molar-refractivity contribution is -0.384. The Kier molecular flexibility index (Phi) is 6.24. The van der Waals surface area contributed by atoms with Crippen LogP contribution in [0, 0.1) is 10.1 Å². The van der Waals surface area contributed by atoms with Crippen molar-refractivity contribution in [1.29, 1.82) is 0 Å². The van der Waals surface area contributed by atoms with Crippen LogP contribution in [0.1, 0.15) is 5.56 Å². The van der Waals surface area contributed by atoms with Gasteiger partial charge in [0, 0.05) is 58.5 Å². The summed E-state index contributed by atoms with van der Waals surface area (Å²) in [6.45, 7) is 2.77. The van der Waals surface area contributed by atoms with Gasteiger partial charge in [-0.3, -0.25) is 24.6 Å². The molecule has 0 atom stereocenters. The number of carbonyl (C=O) groups excluding carboxylic acids is 2. The average Bonchev–Trinajstić information content (AvgIpc) is 2.60. The van der Waals surface area contributed by atoms with Crippen LogP contribution in [-0.2, 0) is 9.59 Å². The molecule has 2 amide bonds. The van der Waals surface area contributed by atoms with Crippen LogP contribution in [0.25, 0.3) is 6.08 Å². The molecule has 134 valence electrons. The van der Waals surface area contributed by atoms with Gasteiger partial charge in [0.25, 0.3) is 5.69 Å². The molecule has 1 fully saturated rings. The van der Waals surface area contributed by atoms with E-state index in [0.717, 1.165) is 0 Å². The lowest BCUT2D eigenvalue weighted by Crippen LogP contribution is -2.50. The van der Waals surface area contributed by atoms with Crippen LogP contribution < -0.4 is 0 Å². The van der Waals surface area contributed by atoms with Gasteiger partial charge in [-0.25, -0.2) is 0 Å². The van der Waals surface area contributed by atoms with Crippen LogP contribution in [0.15, 0.2) is 30.3 Å². The third kappa shape index (κ3) is 5.39. The molecular weight excluding hydrogens is 324 g/mol. The average molecular weight is 346 g/mol. The molecule has 8 heteroatoms. The van der Waals surface area contributed by atoms with Gasteiger partial charge in [-0.15, -0.1) is 0 Å². The second-order valence-corrected chi connectivity index (χ2v) is 6.08. The minimum Gasteiger partial charge on any atom is -0.348 e. The van der Waals surface area contributed by atoms with Gasteiger partial charge in [0.15, 0.2) is 0 Å². The molecule has 1 aliphatic heterocycles. The summed E-state index contributed by atoms with van der Waals surface area (Å²) in [5.74, 6) is -0.0876. The van der Waals surface area contributed by atoms with E-state index < -0.39 is 4.92 Å². The SMILES string of the molecule is CN(C)C(=O)CN1CCN(C(=O)/C=C/c2cccc([N+](=O)[O-])c2)CC1. The Morgan fingerprint density at radius 2 is 1.92 bits per heavy atom. The highest BCUT2D eigenvalue weighted by Crippen LogP contribution is 2.14. The summed E-state index contributed by atoms with van der Waals surface area (Å²) >= 11 is 0. The number of likely N-dealkylation sites (N-methyl/N-ethyl adjacent to an activating group) is 1. The van der Waals surface area contributed by atoms with Gasteiger partial charge in [0.2, 0.25) is 11.8 Å². The second kappa shape index (κ2) is 8.39. The van der Waals surface area contributed by atoms with Gasteiger partial charge in [0.1, 0.15) is 0 Å². The van der Waals surface area contributed by atoms with E-state index in [1.807, 2.05) is 4.90 Å². The van der Waals surface area contributed by atoms with Crippen LogP contribution in [-0.4, -0.2) is 78.3 Å². The van der Waals surface area contributed by atoms with E-state index in [1.54, 1.807) is 42.1 Å². The van der Waals surface area contributed by atoms with Crippen molar-refractivity contribution >= 4 is 23.6 Å². The summed E-state index contributed by atoms with van der Waals surface area (Å²) in [6, 6.07) is 6.13. The number of carbonyl (C=O) groups is 2. The van der Waals surface area contributed by atoms with Crippen molar-refractivity contribution in [2.45, 2.75) is 0 Å². The molecule has 2 rings (SSSR count). The van der Waals surface area contributed by atoms with Gasteiger partial charge in [0.05, 0.1) is 11.5 Å². The third-order valence-corrected chi connectivity index (χ3v) is 4.04. The van der Waals surface area contributed by atoms with Crippen molar-refractivity contribution in [3.8, 4) is 0 Å². The number of nitro groups is 1. The highest BCUT2D eigenvalue weighted by molar-refractivity contribution is 5.92. The number of nitrogens with zero attached hydrogens (tertiary/aromatic N) is 4. The van der Waals surface area contributed by atoms with E-state index >= 15 is 0 Å². The first-order valence-corrected chi connectivity index (χ1v) is 8.01. The fraction of sp³-hybridized carbons (Fsp3) is 0.412.